The van der Waals surface area contributed by atoms with E-state index in [-0.39, 0.29) is 5.75 Å². The number of rotatable bonds is 2. The highest BCUT2D eigenvalue weighted by atomic mass is 16.3. The van der Waals surface area contributed by atoms with E-state index in [4.69, 9.17) is 5.73 Å². The number of phenols is 1. The molecule has 3 nitrogen and oxygen atoms in total. The van der Waals surface area contributed by atoms with Crippen LogP contribution in [-0.2, 0) is 0 Å². The SMILES string of the molecule is Cc1ccccc1C(O)c1ccc(O)cc1N. The number of phenolic OH excluding ortho intramolecular Hbond substituents is 1. The lowest BCUT2D eigenvalue weighted by Gasteiger charge is -2.16. The zero-order valence-corrected chi connectivity index (χ0v) is 9.59. The molecule has 4 N–H and O–H groups in total. The summed E-state index contributed by atoms with van der Waals surface area (Å²) in [5.74, 6) is 0.100. The Balaban J connectivity index is 2.44. The summed E-state index contributed by atoms with van der Waals surface area (Å²) in [6.45, 7) is 1.94. The minimum atomic E-state index is -0.767. The van der Waals surface area contributed by atoms with Crippen LogP contribution in [-0.4, -0.2) is 10.2 Å². The smallest absolute Gasteiger partial charge is 0.117 e. The molecular weight excluding hydrogens is 214 g/mol. The molecule has 0 aliphatic heterocycles. The fraction of sp³-hybridized carbons (Fsp3) is 0.143. The van der Waals surface area contributed by atoms with Gasteiger partial charge < -0.3 is 15.9 Å². The van der Waals surface area contributed by atoms with Gasteiger partial charge in [-0.1, -0.05) is 30.3 Å². The van der Waals surface area contributed by atoms with Crippen molar-refractivity contribution in [2.75, 3.05) is 5.73 Å². The molecule has 0 aromatic heterocycles. The van der Waals surface area contributed by atoms with Gasteiger partial charge in [0.25, 0.3) is 0 Å². The van der Waals surface area contributed by atoms with E-state index in [1.807, 2.05) is 31.2 Å². The van der Waals surface area contributed by atoms with Crippen LogP contribution >= 0.6 is 0 Å². The van der Waals surface area contributed by atoms with Crippen LogP contribution in [0.3, 0.4) is 0 Å². The van der Waals surface area contributed by atoms with Crippen molar-refractivity contribution in [3.8, 4) is 5.75 Å². The molecule has 88 valence electrons. The molecule has 2 rings (SSSR count). The van der Waals surface area contributed by atoms with Crippen LogP contribution in [0.4, 0.5) is 5.69 Å². The van der Waals surface area contributed by atoms with Crippen LogP contribution in [0.15, 0.2) is 42.5 Å². The van der Waals surface area contributed by atoms with Gasteiger partial charge in [0, 0.05) is 17.3 Å². The highest BCUT2D eigenvalue weighted by molar-refractivity contribution is 5.54. The molecule has 3 heteroatoms. The van der Waals surface area contributed by atoms with Crippen molar-refractivity contribution in [2.45, 2.75) is 13.0 Å². The van der Waals surface area contributed by atoms with Crippen molar-refractivity contribution in [1.29, 1.82) is 0 Å². The third-order valence-electron chi connectivity index (χ3n) is 2.85. The monoisotopic (exact) mass is 229 g/mol. The minimum absolute atomic E-state index is 0.100. The van der Waals surface area contributed by atoms with Crippen molar-refractivity contribution in [1.82, 2.24) is 0 Å². The molecule has 0 radical (unpaired) electrons. The molecule has 0 saturated carbocycles. The quantitative estimate of drug-likeness (QED) is 0.692. The molecule has 0 aliphatic rings. The Bertz CT molecular complexity index is 537. The van der Waals surface area contributed by atoms with Crippen LogP contribution in [0.2, 0.25) is 0 Å². The summed E-state index contributed by atoms with van der Waals surface area (Å²) in [5.41, 5.74) is 8.62. The molecule has 0 bridgehead atoms. The molecule has 1 atom stereocenters. The average Bonchev–Trinajstić information content (AvgIpc) is 2.29. The van der Waals surface area contributed by atoms with E-state index >= 15 is 0 Å². The number of aliphatic hydroxyl groups is 1. The first-order chi connectivity index (χ1) is 8.09. The third-order valence-corrected chi connectivity index (χ3v) is 2.85. The van der Waals surface area contributed by atoms with Gasteiger partial charge in [-0.15, -0.1) is 0 Å². The van der Waals surface area contributed by atoms with E-state index in [2.05, 4.69) is 0 Å². The lowest BCUT2D eigenvalue weighted by Crippen LogP contribution is -2.05. The van der Waals surface area contributed by atoms with Gasteiger partial charge in [-0.2, -0.15) is 0 Å². The Morgan fingerprint density at radius 1 is 1.06 bits per heavy atom. The number of anilines is 1. The topological polar surface area (TPSA) is 66.5 Å². The maximum atomic E-state index is 10.3. The maximum absolute atomic E-state index is 10.3. The highest BCUT2D eigenvalue weighted by Crippen LogP contribution is 2.30. The van der Waals surface area contributed by atoms with Crippen LogP contribution < -0.4 is 5.73 Å². The molecule has 0 saturated heterocycles. The zero-order valence-electron chi connectivity index (χ0n) is 9.59. The number of aromatic hydroxyl groups is 1. The predicted molar refractivity (Wildman–Crippen MR) is 67.8 cm³/mol. The third kappa shape index (κ3) is 2.24. The van der Waals surface area contributed by atoms with E-state index in [0.717, 1.165) is 11.1 Å². The molecule has 0 amide bonds. The second-order valence-electron chi connectivity index (χ2n) is 4.07. The Labute approximate surface area is 100 Å². The molecule has 2 aromatic rings. The molecule has 0 spiro atoms. The maximum Gasteiger partial charge on any atom is 0.117 e. The molecule has 17 heavy (non-hydrogen) atoms. The number of hydrogen-bond acceptors (Lipinski definition) is 3. The largest absolute Gasteiger partial charge is 0.508 e. The Hall–Kier alpha value is -2.00. The Morgan fingerprint density at radius 2 is 1.76 bits per heavy atom. The van der Waals surface area contributed by atoms with E-state index in [1.165, 1.54) is 12.1 Å². The van der Waals surface area contributed by atoms with Crippen LogP contribution in [0.1, 0.15) is 22.8 Å². The molecule has 2 aromatic carbocycles. The van der Waals surface area contributed by atoms with E-state index in [0.29, 0.717) is 11.3 Å². The zero-order chi connectivity index (χ0) is 12.4. The summed E-state index contributed by atoms with van der Waals surface area (Å²) < 4.78 is 0. The van der Waals surface area contributed by atoms with Gasteiger partial charge in [0.15, 0.2) is 0 Å². The molecular formula is C14H15NO2. The first-order valence-corrected chi connectivity index (χ1v) is 5.41. The number of aliphatic hydroxyl groups excluding tert-OH is 1. The van der Waals surface area contributed by atoms with E-state index < -0.39 is 6.10 Å². The van der Waals surface area contributed by atoms with Gasteiger partial charge in [-0.05, 0) is 24.1 Å². The van der Waals surface area contributed by atoms with Crippen LogP contribution in [0.25, 0.3) is 0 Å². The van der Waals surface area contributed by atoms with Crippen molar-refractivity contribution in [2.24, 2.45) is 0 Å². The van der Waals surface area contributed by atoms with Crippen LogP contribution in [0, 0.1) is 6.92 Å². The van der Waals surface area contributed by atoms with Crippen molar-refractivity contribution >= 4 is 5.69 Å². The highest BCUT2D eigenvalue weighted by Gasteiger charge is 2.15. The van der Waals surface area contributed by atoms with Crippen molar-refractivity contribution in [3.63, 3.8) is 0 Å². The minimum Gasteiger partial charge on any atom is -0.508 e. The summed E-state index contributed by atoms with van der Waals surface area (Å²) in [4.78, 5) is 0. The molecule has 0 fully saturated rings. The molecule has 0 heterocycles. The number of nitrogens with two attached hydrogens (primary N) is 1. The van der Waals surface area contributed by atoms with Gasteiger partial charge >= 0.3 is 0 Å². The van der Waals surface area contributed by atoms with Crippen LogP contribution in [0.5, 0.6) is 5.75 Å². The fourth-order valence-electron chi connectivity index (χ4n) is 1.87. The summed E-state index contributed by atoms with van der Waals surface area (Å²) >= 11 is 0. The number of nitrogen functional groups attached to an aromatic ring is 1. The van der Waals surface area contributed by atoms with Gasteiger partial charge in [0.05, 0.1) is 0 Å². The number of benzene rings is 2. The Kier molecular flexibility index (Phi) is 3.02. The predicted octanol–water partition coefficient (Wildman–Crippen LogP) is 2.36. The fourth-order valence-corrected chi connectivity index (χ4v) is 1.87. The second-order valence-corrected chi connectivity index (χ2v) is 4.07. The van der Waals surface area contributed by atoms with E-state index in [1.54, 1.807) is 6.07 Å². The van der Waals surface area contributed by atoms with Crippen molar-refractivity contribution < 1.29 is 10.2 Å². The first-order valence-electron chi connectivity index (χ1n) is 5.41. The normalized spacial score (nSPS) is 12.4. The Morgan fingerprint density at radius 3 is 2.41 bits per heavy atom. The lowest BCUT2D eigenvalue weighted by atomic mass is 9.96. The summed E-state index contributed by atoms with van der Waals surface area (Å²) in [6, 6.07) is 12.2. The van der Waals surface area contributed by atoms with Gasteiger partial charge in [-0.3, -0.25) is 0 Å². The number of hydrogen-bond donors (Lipinski definition) is 3. The summed E-state index contributed by atoms with van der Waals surface area (Å²) in [7, 11) is 0. The van der Waals surface area contributed by atoms with Gasteiger partial charge in [-0.25, -0.2) is 0 Å². The second kappa shape index (κ2) is 4.47. The van der Waals surface area contributed by atoms with E-state index in [9.17, 15) is 10.2 Å². The number of aryl methyl sites for hydroxylation is 1. The van der Waals surface area contributed by atoms with Crippen molar-refractivity contribution in [3.05, 3.63) is 59.2 Å². The lowest BCUT2D eigenvalue weighted by molar-refractivity contribution is 0.220. The molecule has 1 unspecified atom stereocenters. The standard InChI is InChI=1S/C14H15NO2/c1-9-4-2-3-5-11(9)14(17)12-7-6-10(16)8-13(12)15/h2-8,14,16-17H,15H2,1H3. The molecule has 0 aliphatic carbocycles. The van der Waals surface area contributed by atoms with Gasteiger partial charge in [0.1, 0.15) is 11.9 Å². The van der Waals surface area contributed by atoms with Gasteiger partial charge in [0.2, 0.25) is 0 Å². The first kappa shape index (κ1) is 11.5. The summed E-state index contributed by atoms with van der Waals surface area (Å²) in [5, 5.41) is 19.6. The average molecular weight is 229 g/mol. The summed E-state index contributed by atoms with van der Waals surface area (Å²) in [6.07, 6.45) is -0.767.